The summed E-state index contributed by atoms with van der Waals surface area (Å²) < 4.78 is 1.67. The first-order valence-electron chi connectivity index (χ1n) is 3.39. The van der Waals surface area contributed by atoms with Crippen LogP contribution < -0.4 is 0 Å². The SMILES string of the molecule is C=CCn1ccc(C(C)=O)n1. The monoisotopic (exact) mass is 150 g/mol. The molecule has 3 heteroatoms. The molecule has 1 aromatic rings. The third kappa shape index (κ3) is 1.77. The highest BCUT2D eigenvalue weighted by atomic mass is 16.1. The van der Waals surface area contributed by atoms with Crippen LogP contribution in [-0.4, -0.2) is 15.6 Å². The zero-order valence-electron chi connectivity index (χ0n) is 6.45. The molecular weight excluding hydrogens is 140 g/mol. The van der Waals surface area contributed by atoms with Crippen LogP contribution in [0, 0.1) is 0 Å². The predicted octanol–water partition coefficient (Wildman–Crippen LogP) is 1.27. The predicted molar refractivity (Wildman–Crippen MR) is 42.4 cm³/mol. The van der Waals surface area contributed by atoms with E-state index in [4.69, 9.17) is 0 Å². The molecule has 0 spiro atoms. The normalized spacial score (nSPS) is 9.55. The second-order valence-corrected chi connectivity index (χ2v) is 2.27. The maximum absolute atomic E-state index is 10.8. The molecule has 0 bridgehead atoms. The van der Waals surface area contributed by atoms with E-state index in [0.29, 0.717) is 12.2 Å². The van der Waals surface area contributed by atoms with Crippen molar-refractivity contribution in [1.29, 1.82) is 0 Å². The number of carbonyl (C=O) groups is 1. The van der Waals surface area contributed by atoms with Crippen molar-refractivity contribution in [3.05, 3.63) is 30.6 Å². The van der Waals surface area contributed by atoms with Gasteiger partial charge in [-0.25, -0.2) is 0 Å². The van der Waals surface area contributed by atoms with Gasteiger partial charge in [0.05, 0.1) is 6.54 Å². The highest BCUT2D eigenvalue weighted by molar-refractivity contribution is 5.91. The van der Waals surface area contributed by atoms with Crippen molar-refractivity contribution in [3.63, 3.8) is 0 Å². The average molecular weight is 150 g/mol. The summed E-state index contributed by atoms with van der Waals surface area (Å²) in [6.45, 7) is 5.71. The lowest BCUT2D eigenvalue weighted by Gasteiger charge is -1.91. The van der Waals surface area contributed by atoms with Crippen molar-refractivity contribution >= 4 is 5.78 Å². The van der Waals surface area contributed by atoms with Crippen molar-refractivity contribution in [2.24, 2.45) is 0 Å². The number of rotatable bonds is 3. The van der Waals surface area contributed by atoms with Crippen LogP contribution in [0.1, 0.15) is 17.4 Å². The molecule has 58 valence electrons. The van der Waals surface area contributed by atoms with Gasteiger partial charge in [-0.3, -0.25) is 9.48 Å². The van der Waals surface area contributed by atoms with E-state index in [1.807, 2.05) is 0 Å². The third-order valence-corrected chi connectivity index (χ3v) is 1.32. The van der Waals surface area contributed by atoms with Gasteiger partial charge in [-0.05, 0) is 6.07 Å². The Hall–Kier alpha value is -1.38. The van der Waals surface area contributed by atoms with E-state index < -0.39 is 0 Å². The average Bonchev–Trinajstić information content (AvgIpc) is 2.37. The van der Waals surface area contributed by atoms with E-state index in [2.05, 4.69) is 11.7 Å². The molecule has 1 rings (SSSR count). The van der Waals surface area contributed by atoms with Crippen LogP contribution in [-0.2, 0) is 6.54 Å². The van der Waals surface area contributed by atoms with Crippen molar-refractivity contribution in [3.8, 4) is 0 Å². The Kier molecular flexibility index (Phi) is 2.21. The van der Waals surface area contributed by atoms with Crippen molar-refractivity contribution in [2.45, 2.75) is 13.5 Å². The van der Waals surface area contributed by atoms with Crippen molar-refractivity contribution in [2.75, 3.05) is 0 Å². The number of carbonyl (C=O) groups excluding carboxylic acids is 1. The molecule has 0 unspecified atom stereocenters. The molecule has 3 nitrogen and oxygen atoms in total. The zero-order chi connectivity index (χ0) is 8.27. The first kappa shape index (κ1) is 7.72. The molecule has 11 heavy (non-hydrogen) atoms. The lowest BCUT2D eigenvalue weighted by atomic mass is 10.3. The minimum Gasteiger partial charge on any atom is -0.293 e. The molecule has 1 heterocycles. The molecule has 0 aliphatic carbocycles. The van der Waals surface area contributed by atoms with E-state index in [1.54, 1.807) is 23.0 Å². The quantitative estimate of drug-likeness (QED) is 0.480. The number of allylic oxidation sites excluding steroid dienone is 1. The smallest absolute Gasteiger partial charge is 0.179 e. The molecule has 0 amide bonds. The fourth-order valence-electron chi connectivity index (χ4n) is 0.783. The molecule has 0 radical (unpaired) electrons. The fourth-order valence-corrected chi connectivity index (χ4v) is 0.783. The molecule has 0 aromatic carbocycles. The van der Waals surface area contributed by atoms with Gasteiger partial charge in [0.1, 0.15) is 5.69 Å². The molecule has 0 N–H and O–H groups in total. The van der Waals surface area contributed by atoms with Gasteiger partial charge in [-0.2, -0.15) is 5.10 Å². The number of aromatic nitrogens is 2. The van der Waals surface area contributed by atoms with E-state index in [9.17, 15) is 4.79 Å². The maximum Gasteiger partial charge on any atom is 0.179 e. The Labute approximate surface area is 65.3 Å². The Morgan fingerprint density at radius 1 is 1.91 bits per heavy atom. The summed E-state index contributed by atoms with van der Waals surface area (Å²) in [6, 6.07) is 1.70. The summed E-state index contributed by atoms with van der Waals surface area (Å²) in [6.07, 6.45) is 3.50. The van der Waals surface area contributed by atoms with E-state index >= 15 is 0 Å². The third-order valence-electron chi connectivity index (χ3n) is 1.32. The zero-order valence-corrected chi connectivity index (χ0v) is 6.45. The van der Waals surface area contributed by atoms with E-state index in [-0.39, 0.29) is 5.78 Å². The van der Waals surface area contributed by atoms with E-state index in [0.717, 1.165) is 0 Å². The van der Waals surface area contributed by atoms with Crippen LogP contribution in [0.5, 0.6) is 0 Å². The van der Waals surface area contributed by atoms with Crippen LogP contribution in [0.25, 0.3) is 0 Å². The van der Waals surface area contributed by atoms with Crippen molar-refractivity contribution in [1.82, 2.24) is 9.78 Å². The molecular formula is C8H10N2O. The summed E-state index contributed by atoms with van der Waals surface area (Å²) >= 11 is 0. The molecule has 0 saturated carbocycles. The lowest BCUT2D eigenvalue weighted by Crippen LogP contribution is -1.99. The van der Waals surface area contributed by atoms with Gasteiger partial charge in [0.15, 0.2) is 5.78 Å². The van der Waals surface area contributed by atoms with Crippen LogP contribution in [0.4, 0.5) is 0 Å². The molecule has 0 aliphatic rings. The molecule has 1 aromatic heterocycles. The van der Waals surface area contributed by atoms with Crippen LogP contribution >= 0.6 is 0 Å². The Morgan fingerprint density at radius 2 is 2.64 bits per heavy atom. The lowest BCUT2D eigenvalue weighted by molar-refractivity contribution is 0.101. The summed E-state index contributed by atoms with van der Waals surface area (Å²) in [7, 11) is 0. The Balaban J connectivity index is 2.81. The highest BCUT2D eigenvalue weighted by Gasteiger charge is 2.01. The maximum atomic E-state index is 10.8. The molecule has 0 saturated heterocycles. The van der Waals surface area contributed by atoms with E-state index in [1.165, 1.54) is 6.92 Å². The Morgan fingerprint density at radius 3 is 3.09 bits per heavy atom. The first-order valence-corrected chi connectivity index (χ1v) is 3.39. The van der Waals surface area contributed by atoms with Gasteiger partial charge in [0.25, 0.3) is 0 Å². The second-order valence-electron chi connectivity index (χ2n) is 2.27. The van der Waals surface area contributed by atoms with Gasteiger partial charge in [0, 0.05) is 13.1 Å². The minimum absolute atomic E-state index is 0.00666. The number of nitrogens with zero attached hydrogens (tertiary/aromatic N) is 2. The van der Waals surface area contributed by atoms with Crippen LogP contribution in [0.15, 0.2) is 24.9 Å². The van der Waals surface area contributed by atoms with Crippen molar-refractivity contribution < 1.29 is 4.79 Å². The standard InChI is InChI=1S/C8H10N2O/c1-3-5-10-6-4-8(9-10)7(2)11/h3-4,6H,1,5H2,2H3. The summed E-state index contributed by atoms with van der Waals surface area (Å²) in [5.41, 5.74) is 0.506. The van der Waals surface area contributed by atoms with Crippen LogP contribution in [0.2, 0.25) is 0 Å². The number of ketones is 1. The van der Waals surface area contributed by atoms with Gasteiger partial charge >= 0.3 is 0 Å². The summed E-state index contributed by atoms with van der Waals surface area (Å²) in [5.74, 6) is -0.00666. The number of hydrogen-bond acceptors (Lipinski definition) is 2. The minimum atomic E-state index is -0.00666. The topological polar surface area (TPSA) is 34.9 Å². The van der Waals surface area contributed by atoms with Crippen LogP contribution in [0.3, 0.4) is 0 Å². The van der Waals surface area contributed by atoms with Gasteiger partial charge < -0.3 is 0 Å². The molecule has 0 aliphatic heterocycles. The Bertz CT molecular complexity index is 275. The molecule has 0 atom stereocenters. The van der Waals surface area contributed by atoms with Gasteiger partial charge in [-0.1, -0.05) is 6.08 Å². The first-order chi connectivity index (χ1) is 5.24. The van der Waals surface area contributed by atoms with Gasteiger partial charge in [-0.15, -0.1) is 6.58 Å². The number of Topliss-reactive ketones (excluding diaryl/α,β-unsaturated/α-hetero) is 1. The molecule has 0 fully saturated rings. The largest absolute Gasteiger partial charge is 0.293 e. The second kappa shape index (κ2) is 3.14. The fraction of sp³-hybridized carbons (Fsp3) is 0.250. The van der Waals surface area contributed by atoms with Gasteiger partial charge in [0.2, 0.25) is 0 Å². The summed E-state index contributed by atoms with van der Waals surface area (Å²) in [4.78, 5) is 10.8. The summed E-state index contributed by atoms with van der Waals surface area (Å²) in [5, 5.41) is 4.00. The highest BCUT2D eigenvalue weighted by Crippen LogP contribution is 1.96. The number of hydrogen-bond donors (Lipinski definition) is 0.